The predicted molar refractivity (Wildman–Crippen MR) is 123 cm³/mol. The second-order valence-electron chi connectivity index (χ2n) is 8.28. The van der Waals surface area contributed by atoms with Gasteiger partial charge in [0.05, 0.1) is 16.4 Å². The number of hydrogen-bond donors (Lipinski definition) is 2. The molecule has 0 aromatic heterocycles. The van der Waals surface area contributed by atoms with Gasteiger partial charge in [0, 0.05) is 35.9 Å². The number of carbonyl (C=O) groups is 2. The predicted octanol–water partition coefficient (Wildman–Crippen LogP) is 1.64. The molecule has 9 nitrogen and oxygen atoms in total. The van der Waals surface area contributed by atoms with Gasteiger partial charge in [0.15, 0.2) is 9.84 Å². The Kier molecular flexibility index (Phi) is 6.55. The molecule has 11 heteroatoms. The average Bonchev–Trinajstić information content (AvgIpc) is 3.43. The first-order valence-corrected chi connectivity index (χ1v) is 14.0. The molecular formula is C22H25N3O6S2. The van der Waals surface area contributed by atoms with Gasteiger partial charge in [-0.05, 0) is 61.7 Å². The summed E-state index contributed by atoms with van der Waals surface area (Å²) in [5, 5.41) is 2.73. The maximum absolute atomic E-state index is 12.6. The molecule has 0 aliphatic carbocycles. The van der Waals surface area contributed by atoms with E-state index in [1.807, 2.05) is 0 Å². The van der Waals surface area contributed by atoms with E-state index in [1.54, 1.807) is 29.2 Å². The van der Waals surface area contributed by atoms with Crippen molar-refractivity contribution >= 4 is 37.4 Å². The van der Waals surface area contributed by atoms with Gasteiger partial charge in [-0.2, -0.15) is 0 Å². The Labute approximate surface area is 193 Å². The minimum Gasteiger partial charge on any atom is -0.339 e. The van der Waals surface area contributed by atoms with Crippen molar-refractivity contribution in [3.8, 4) is 0 Å². The van der Waals surface area contributed by atoms with Crippen LogP contribution < -0.4 is 10.0 Å². The van der Waals surface area contributed by atoms with Crippen LogP contribution in [0.4, 0.5) is 5.69 Å². The quantitative estimate of drug-likeness (QED) is 0.632. The molecule has 33 heavy (non-hydrogen) atoms. The monoisotopic (exact) mass is 491 g/mol. The van der Waals surface area contributed by atoms with Gasteiger partial charge in [0.1, 0.15) is 0 Å². The van der Waals surface area contributed by atoms with Crippen LogP contribution in [0.15, 0.2) is 53.4 Å². The SMILES string of the molecule is O=C(Nc1cccc(C(=O)N2CCCC2)c1)c1ccc(S(=O)(=O)NC2CCS(=O)(=O)C2)cc1. The largest absolute Gasteiger partial charge is 0.339 e. The number of hydrogen-bond acceptors (Lipinski definition) is 6. The van der Waals surface area contributed by atoms with Crippen LogP contribution in [0, 0.1) is 0 Å². The summed E-state index contributed by atoms with van der Waals surface area (Å²) in [6.45, 7) is 1.46. The van der Waals surface area contributed by atoms with Crippen LogP contribution in [0.2, 0.25) is 0 Å². The van der Waals surface area contributed by atoms with Crippen LogP contribution in [0.5, 0.6) is 0 Å². The second kappa shape index (κ2) is 9.24. The van der Waals surface area contributed by atoms with Gasteiger partial charge >= 0.3 is 0 Å². The number of sulfonamides is 1. The molecule has 0 bridgehead atoms. The summed E-state index contributed by atoms with van der Waals surface area (Å²) in [4.78, 5) is 26.9. The van der Waals surface area contributed by atoms with Gasteiger partial charge in [0.2, 0.25) is 10.0 Å². The lowest BCUT2D eigenvalue weighted by molar-refractivity contribution is 0.0792. The van der Waals surface area contributed by atoms with Crippen molar-refractivity contribution in [1.82, 2.24) is 9.62 Å². The Morgan fingerprint density at radius 1 is 0.970 bits per heavy atom. The zero-order valence-corrected chi connectivity index (χ0v) is 19.5. The van der Waals surface area contributed by atoms with Crippen molar-refractivity contribution in [2.24, 2.45) is 0 Å². The standard InChI is InChI=1S/C22H25N3O6S2/c26-21(23-18-5-3-4-17(14-18)22(27)25-11-1-2-12-25)16-6-8-20(9-7-16)33(30,31)24-19-10-13-32(28,29)15-19/h3-9,14,19,24H,1-2,10-13,15H2,(H,23,26). The van der Waals surface area contributed by atoms with Gasteiger partial charge < -0.3 is 10.2 Å². The summed E-state index contributed by atoms with van der Waals surface area (Å²) in [6.07, 6.45) is 2.22. The normalized spacial score (nSPS) is 20.0. The van der Waals surface area contributed by atoms with Gasteiger partial charge in [-0.3, -0.25) is 9.59 Å². The molecule has 176 valence electrons. The molecule has 4 rings (SSSR count). The number of sulfone groups is 1. The maximum Gasteiger partial charge on any atom is 0.255 e. The Balaban J connectivity index is 1.41. The molecule has 2 aromatic rings. The fourth-order valence-electron chi connectivity index (χ4n) is 4.00. The third-order valence-corrected chi connectivity index (χ3v) is 9.05. The minimum absolute atomic E-state index is 0.0376. The summed E-state index contributed by atoms with van der Waals surface area (Å²) in [6, 6.07) is 11.4. The van der Waals surface area contributed by atoms with Crippen molar-refractivity contribution in [2.45, 2.75) is 30.2 Å². The average molecular weight is 492 g/mol. The van der Waals surface area contributed by atoms with Crippen molar-refractivity contribution < 1.29 is 26.4 Å². The Hall–Kier alpha value is -2.76. The van der Waals surface area contributed by atoms with Crippen LogP contribution >= 0.6 is 0 Å². The van der Waals surface area contributed by atoms with E-state index in [-0.39, 0.29) is 34.3 Å². The first-order chi connectivity index (χ1) is 15.6. The zero-order valence-electron chi connectivity index (χ0n) is 17.9. The molecule has 2 aliphatic rings. The van der Waals surface area contributed by atoms with Crippen molar-refractivity contribution in [1.29, 1.82) is 0 Å². The zero-order chi connectivity index (χ0) is 23.6. The topological polar surface area (TPSA) is 130 Å². The summed E-state index contributed by atoms with van der Waals surface area (Å²) in [7, 11) is -7.12. The third kappa shape index (κ3) is 5.60. The fraction of sp³-hybridized carbons (Fsp3) is 0.364. The Morgan fingerprint density at radius 3 is 2.30 bits per heavy atom. The summed E-state index contributed by atoms with van der Waals surface area (Å²) < 4.78 is 50.6. The molecule has 2 amide bonds. The number of nitrogens with zero attached hydrogens (tertiary/aromatic N) is 1. The van der Waals surface area contributed by atoms with Gasteiger partial charge in [-0.1, -0.05) is 6.07 Å². The maximum atomic E-state index is 12.6. The Morgan fingerprint density at radius 2 is 1.67 bits per heavy atom. The van der Waals surface area contributed by atoms with E-state index < -0.39 is 31.8 Å². The molecule has 2 N–H and O–H groups in total. The van der Waals surface area contributed by atoms with Gasteiger partial charge in [-0.25, -0.2) is 21.6 Å². The highest BCUT2D eigenvalue weighted by molar-refractivity contribution is 7.92. The number of likely N-dealkylation sites (tertiary alicyclic amines) is 1. The highest BCUT2D eigenvalue weighted by atomic mass is 32.2. The molecule has 2 heterocycles. The van der Waals surface area contributed by atoms with E-state index in [4.69, 9.17) is 0 Å². The van der Waals surface area contributed by atoms with Gasteiger partial charge in [-0.15, -0.1) is 0 Å². The lowest BCUT2D eigenvalue weighted by Gasteiger charge is -2.16. The van der Waals surface area contributed by atoms with E-state index in [9.17, 15) is 26.4 Å². The molecule has 2 saturated heterocycles. The van der Waals surface area contributed by atoms with E-state index >= 15 is 0 Å². The molecule has 2 aliphatic heterocycles. The molecule has 2 fully saturated rings. The van der Waals surface area contributed by atoms with E-state index in [0.717, 1.165) is 25.9 Å². The molecule has 2 aromatic carbocycles. The van der Waals surface area contributed by atoms with E-state index in [2.05, 4.69) is 10.0 Å². The number of carbonyl (C=O) groups excluding carboxylic acids is 2. The number of benzene rings is 2. The van der Waals surface area contributed by atoms with Gasteiger partial charge in [0.25, 0.3) is 11.8 Å². The van der Waals surface area contributed by atoms with Crippen LogP contribution in [0.25, 0.3) is 0 Å². The lowest BCUT2D eigenvalue weighted by atomic mass is 10.1. The second-order valence-corrected chi connectivity index (χ2v) is 12.2. The fourth-order valence-corrected chi connectivity index (χ4v) is 7.05. The molecule has 0 spiro atoms. The van der Waals surface area contributed by atoms with Crippen LogP contribution in [-0.4, -0.2) is 64.2 Å². The number of nitrogens with one attached hydrogen (secondary N) is 2. The Bertz CT molecular complexity index is 1270. The van der Waals surface area contributed by atoms with E-state index in [0.29, 0.717) is 11.3 Å². The molecule has 0 radical (unpaired) electrons. The minimum atomic E-state index is -3.91. The summed E-state index contributed by atoms with van der Waals surface area (Å²) in [5.41, 5.74) is 1.20. The molecule has 0 saturated carbocycles. The van der Waals surface area contributed by atoms with Crippen molar-refractivity contribution in [3.63, 3.8) is 0 Å². The van der Waals surface area contributed by atoms with Crippen molar-refractivity contribution in [2.75, 3.05) is 29.9 Å². The third-order valence-electron chi connectivity index (χ3n) is 5.74. The highest BCUT2D eigenvalue weighted by Gasteiger charge is 2.31. The van der Waals surface area contributed by atoms with Crippen LogP contribution in [0.1, 0.15) is 40.0 Å². The molecule has 1 unspecified atom stereocenters. The highest BCUT2D eigenvalue weighted by Crippen LogP contribution is 2.19. The first kappa shape index (κ1) is 23.4. The summed E-state index contributed by atoms with van der Waals surface area (Å²) in [5.74, 6) is -0.767. The number of amides is 2. The van der Waals surface area contributed by atoms with Crippen molar-refractivity contribution in [3.05, 3.63) is 59.7 Å². The smallest absolute Gasteiger partial charge is 0.255 e. The number of anilines is 1. The lowest BCUT2D eigenvalue weighted by Crippen LogP contribution is -2.35. The van der Waals surface area contributed by atoms with Crippen LogP contribution in [0.3, 0.4) is 0 Å². The van der Waals surface area contributed by atoms with E-state index in [1.165, 1.54) is 24.3 Å². The summed E-state index contributed by atoms with van der Waals surface area (Å²) >= 11 is 0. The first-order valence-electron chi connectivity index (χ1n) is 10.7. The van der Waals surface area contributed by atoms with Crippen LogP contribution in [-0.2, 0) is 19.9 Å². The number of rotatable bonds is 6. The molecular weight excluding hydrogens is 466 g/mol. The molecule has 1 atom stereocenters.